The second-order valence-corrected chi connectivity index (χ2v) is 6.60. The zero-order valence-electron chi connectivity index (χ0n) is 14.6. The summed E-state index contributed by atoms with van der Waals surface area (Å²) in [5.74, 6) is 0.483. The summed E-state index contributed by atoms with van der Waals surface area (Å²) in [5, 5.41) is 3.91. The summed E-state index contributed by atoms with van der Waals surface area (Å²) in [4.78, 5) is 28.2. The van der Waals surface area contributed by atoms with Gasteiger partial charge in [-0.25, -0.2) is 0 Å². The first kappa shape index (κ1) is 17.2. The molecule has 25 heavy (non-hydrogen) atoms. The first-order valence-corrected chi connectivity index (χ1v) is 8.52. The summed E-state index contributed by atoms with van der Waals surface area (Å²) in [5.41, 5.74) is 1.92. The summed E-state index contributed by atoms with van der Waals surface area (Å²) < 4.78 is 5.03. The lowest BCUT2D eigenvalue weighted by Gasteiger charge is -2.20. The standard InChI is InChI=1S/C19H23N3O3/c1-14-10-17(20-25-14)13-21(2)19(24)16-11-18(23)22(12-16)9-8-15-6-4-3-5-7-15/h3-7,10,16H,8-9,11-13H2,1-2H3/t16-/m0/s1. The number of amides is 2. The molecule has 1 aliphatic heterocycles. The Kier molecular flexibility index (Phi) is 5.16. The number of likely N-dealkylation sites (tertiary alicyclic amines) is 1. The van der Waals surface area contributed by atoms with E-state index in [9.17, 15) is 9.59 Å². The molecule has 1 aromatic heterocycles. The van der Waals surface area contributed by atoms with Gasteiger partial charge in [-0.2, -0.15) is 0 Å². The van der Waals surface area contributed by atoms with Gasteiger partial charge in [0.2, 0.25) is 11.8 Å². The molecule has 1 atom stereocenters. The lowest BCUT2D eigenvalue weighted by atomic mass is 10.1. The van der Waals surface area contributed by atoms with Gasteiger partial charge in [0.1, 0.15) is 11.5 Å². The van der Waals surface area contributed by atoms with Crippen molar-refractivity contribution in [3.8, 4) is 0 Å². The highest BCUT2D eigenvalue weighted by atomic mass is 16.5. The number of carbonyl (C=O) groups is 2. The van der Waals surface area contributed by atoms with Crippen LogP contribution in [0.15, 0.2) is 40.9 Å². The molecule has 3 rings (SSSR count). The first-order chi connectivity index (χ1) is 12.0. The van der Waals surface area contributed by atoms with E-state index < -0.39 is 0 Å². The zero-order valence-corrected chi connectivity index (χ0v) is 14.6. The van der Waals surface area contributed by atoms with E-state index in [1.807, 2.05) is 31.2 Å². The fraction of sp³-hybridized carbons (Fsp3) is 0.421. The minimum absolute atomic E-state index is 0.0174. The Morgan fingerprint density at radius 1 is 1.36 bits per heavy atom. The van der Waals surface area contributed by atoms with Crippen LogP contribution in [0.4, 0.5) is 0 Å². The Bertz CT molecular complexity index is 741. The van der Waals surface area contributed by atoms with Gasteiger partial charge in [-0.15, -0.1) is 0 Å². The summed E-state index contributed by atoms with van der Waals surface area (Å²) in [6.45, 7) is 3.36. The van der Waals surface area contributed by atoms with Crippen molar-refractivity contribution >= 4 is 11.8 Å². The fourth-order valence-electron chi connectivity index (χ4n) is 3.19. The normalized spacial score (nSPS) is 17.1. The van der Waals surface area contributed by atoms with E-state index in [0.717, 1.165) is 17.9 Å². The molecule has 1 aromatic carbocycles. The van der Waals surface area contributed by atoms with Crippen molar-refractivity contribution in [2.45, 2.75) is 26.3 Å². The quantitative estimate of drug-likeness (QED) is 0.806. The molecular formula is C19H23N3O3. The Morgan fingerprint density at radius 2 is 2.12 bits per heavy atom. The lowest BCUT2D eigenvalue weighted by molar-refractivity contribution is -0.135. The molecule has 6 nitrogen and oxygen atoms in total. The minimum Gasteiger partial charge on any atom is -0.361 e. The van der Waals surface area contributed by atoms with E-state index in [1.165, 1.54) is 5.56 Å². The largest absolute Gasteiger partial charge is 0.361 e. The summed E-state index contributed by atoms with van der Waals surface area (Å²) in [6, 6.07) is 11.9. The van der Waals surface area contributed by atoms with Gasteiger partial charge in [-0.1, -0.05) is 35.5 Å². The SMILES string of the molecule is Cc1cc(CN(C)C(=O)[C@H]2CC(=O)N(CCc3ccccc3)C2)no1. The third-order valence-corrected chi connectivity index (χ3v) is 4.53. The van der Waals surface area contributed by atoms with Crippen LogP contribution in [0.1, 0.15) is 23.4 Å². The highest BCUT2D eigenvalue weighted by molar-refractivity contribution is 5.89. The first-order valence-electron chi connectivity index (χ1n) is 8.52. The predicted molar refractivity (Wildman–Crippen MR) is 92.5 cm³/mol. The third-order valence-electron chi connectivity index (χ3n) is 4.53. The molecule has 2 aromatic rings. The van der Waals surface area contributed by atoms with Gasteiger partial charge in [0, 0.05) is 32.6 Å². The smallest absolute Gasteiger partial charge is 0.228 e. The molecule has 0 unspecified atom stereocenters. The number of hydrogen-bond acceptors (Lipinski definition) is 4. The Balaban J connectivity index is 1.53. The summed E-state index contributed by atoms with van der Waals surface area (Å²) >= 11 is 0. The number of benzene rings is 1. The van der Waals surface area contributed by atoms with Crippen molar-refractivity contribution in [2.75, 3.05) is 20.1 Å². The van der Waals surface area contributed by atoms with Gasteiger partial charge in [-0.3, -0.25) is 9.59 Å². The van der Waals surface area contributed by atoms with Crippen LogP contribution in [0.2, 0.25) is 0 Å². The molecule has 0 saturated carbocycles. The van der Waals surface area contributed by atoms with E-state index in [-0.39, 0.29) is 24.2 Å². The van der Waals surface area contributed by atoms with Crippen molar-refractivity contribution in [3.63, 3.8) is 0 Å². The van der Waals surface area contributed by atoms with Crippen LogP contribution in [0.25, 0.3) is 0 Å². The van der Waals surface area contributed by atoms with Crippen LogP contribution in [0.5, 0.6) is 0 Å². The molecule has 1 aliphatic rings. The van der Waals surface area contributed by atoms with Gasteiger partial charge < -0.3 is 14.3 Å². The summed E-state index contributed by atoms with van der Waals surface area (Å²) in [6.07, 6.45) is 1.09. The highest BCUT2D eigenvalue weighted by Gasteiger charge is 2.35. The maximum atomic E-state index is 12.6. The number of rotatable bonds is 6. The van der Waals surface area contributed by atoms with E-state index in [0.29, 0.717) is 19.6 Å². The zero-order chi connectivity index (χ0) is 17.8. The molecule has 0 aliphatic carbocycles. The monoisotopic (exact) mass is 341 g/mol. The van der Waals surface area contributed by atoms with E-state index >= 15 is 0 Å². The lowest BCUT2D eigenvalue weighted by Crippen LogP contribution is -2.34. The van der Waals surface area contributed by atoms with Crippen LogP contribution < -0.4 is 0 Å². The Morgan fingerprint density at radius 3 is 2.80 bits per heavy atom. The molecular weight excluding hydrogens is 318 g/mol. The highest BCUT2D eigenvalue weighted by Crippen LogP contribution is 2.21. The topological polar surface area (TPSA) is 66.7 Å². The molecule has 1 saturated heterocycles. The van der Waals surface area contributed by atoms with Crippen LogP contribution in [-0.4, -0.2) is 46.9 Å². The van der Waals surface area contributed by atoms with E-state index in [2.05, 4.69) is 17.3 Å². The maximum Gasteiger partial charge on any atom is 0.228 e. The van der Waals surface area contributed by atoms with E-state index in [1.54, 1.807) is 16.8 Å². The maximum absolute atomic E-state index is 12.6. The van der Waals surface area contributed by atoms with Crippen LogP contribution >= 0.6 is 0 Å². The van der Waals surface area contributed by atoms with Crippen LogP contribution in [0, 0.1) is 12.8 Å². The van der Waals surface area contributed by atoms with Crippen molar-refractivity contribution in [1.29, 1.82) is 0 Å². The fourth-order valence-corrected chi connectivity index (χ4v) is 3.19. The second-order valence-electron chi connectivity index (χ2n) is 6.60. The van der Waals surface area contributed by atoms with Gasteiger partial charge >= 0.3 is 0 Å². The molecule has 6 heteroatoms. The molecule has 2 amide bonds. The number of carbonyl (C=O) groups excluding carboxylic acids is 2. The molecule has 1 fully saturated rings. The van der Waals surface area contributed by atoms with Crippen LogP contribution in [-0.2, 0) is 22.6 Å². The number of nitrogens with zero attached hydrogens (tertiary/aromatic N) is 3. The van der Waals surface area contributed by atoms with Gasteiger partial charge in [-0.05, 0) is 18.9 Å². The van der Waals surface area contributed by atoms with Crippen molar-refractivity contribution in [2.24, 2.45) is 5.92 Å². The number of hydrogen-bond donors (Lipinski definition) is 0. The average molecular weight is 341 g/mol. The molecule has 132 valence electrons. The summed E-state index contributed by atoms with van der Waals surface area (Å²) in [7, 11) is 1.74. The average Bonchev–Trinajstić information content (AvgIpc) is 3.18. The predicted octanol–water partition coefficient (Wildman–Crippen LogP) is 2.03. The van der Waals surface area contributed by atoms with Gasteiger partial charge in [0.25, 0.3) is 0 Å². The molecule has 0 N–H and O–H groups in total. The van der Waals surface area contributed by atoms with Crippen molar-refractivity contribution < 1.29 is 14.1 Å². The number of aromatic nitrogens is 1. The van der Waals surface area contributed by atoms with Gasteiger partial charge in [0.15, 0.2) is 0 Å². The van der Waals surface area contributed by atoms with Crippen molar-refractivity contribution in [1.82, 2.24) is 15.0 Å². The molecule has 0 bridgehead atoms. The minimum atomic E-state index is -0.277. The van der Waals surface area contributed by atoms with Gasteiger partial charge in [0.05, 0.1) is 12.5 Å². The van der Waals surface area contributed by atoms with Crippen molar-refractivity contribution in [3.05, 3.63) is 53.4 Å². The molecule has 2 heterocycles. The molecule has 0 spiro atoms. The molecule has 0 radical (unpaired) electrons. The Hall–Kier alpha value is -2.63. The second kappa shape index (κ2) is 7.51. The van der Waals surface area contributed by atoms with Crippen LogP contribution in [0.3, 0.4) is 0 Å². The third kappa shape index (κ3) is 4.26. The number of aryl methyl sites for hydroxylation is 1. The Labute approximate surface area is 147 Å². The van der Waals surface area contributed by atoms with E-state index in [4.69, 9.17) is 4.52 Å².